The summed E-state index contributed by atoms with van der Waals surface area (Å²) in [5.74, 6) is 2.01. The maximum absolute atomic E-state index is 11.9. The first kappa shape index (κ1) is 12.4. The van der Waals surface area contributed by atoms with Crippen LogP contribution >= 0.6 is 0 Å². The molecule has 3 aliphatic rings. The van der Waals surface area contributed by atoms with E-state index in [1.807, 2.05) is 0 Å². The van der Waals surface area contributed by atoms with Gasteiger partial charge in [-0.15, -0.1) is 0 Å². The average molecular weight is 246 g/mol. The van der Waals surface area contributed by atoms with Crippen molar-refractivity contribution < 1.29 is 4.79 Å². The zero-order valence-corrected chi connectivity index (χ0v) is 12.3. The predicted octanol–water partition coefficient (Wildman–Crippen LogP) is 4.52. The summed E-state index contributed by atoms with van der Waals surface area (Å²) >= 11 is 0. The van der Waals surface area contributed by atoms with Crippen LogP contribution < -0.4 is 0 Å². The molecule has 0 spiro atoms. The first-order valence-corrected chi connectivity index (χ1v) is 7.55. The first-order valence-electron chi connectivity index (χ1n) is 7.55. The van der Waals surface area contributed by atoms with Gasteiger partial charge in [0.1, 0.15) is 0 Å². The molecule has 3 rings (SSSR count). The molecule has 0 aromatic carbocycles. The van der Waals surface area contributed by atoms with E-state index in [2.05, 4.69) is 27.7 Å². The summed E-state index contributed by atoms with van der Waals surface area (Å²) in [7, 11) is 0. The van der Waals surface area contributed by atoms with Gasteiger partial charge < -0.3 is 0 Å². The fraction of sp³-hybridized carbons (Fsp3) is 0.824. The molecule has 3 atom stereocenters. The molecule has 0 N–H and O–H groups in total. The van der Waals surface area contributed by atoms with Gasteiger partial charge in [0.25, 0.3) is 0 Å². The van der Waals surface area contributed by atoms with E-state index in [0.29, 0.717) is 16.6 Å². The van der Waals surface area contributed by atoms with Crippen LogP contribution in [0.4, 0.5) is 0 Å². The van der Waals surface area contributed by atoms with Gasteiger partial charge >= 0.3 is 0 Å². The van der Waals surface area contributed by atoms with E-state index in [1.165, 1.54) is 31.3 Å². The van der Waals surface area contributed by atoms with Crippen molar-refractivity contribution in [1.29, 1.82) is 0 Å². The third-order valence-electron chi connectivity index (χ3n) is 6.02. The number of Topliss-reactive ketones (excluding diaryl/α,β-unsaturated/α-hetero) is 1. The fourth-order valence-electron chi connectivity index (χ4n) is 5.34. The van der Waals surface area contributed by atoms with Crippen LogP contribution in [0.3, 0.4) is 0 Å². The summed E-state index contributed by atoms with van der Waals surface area (Å²) in [5, 5.41) is 0. The standard InChI is InChI=1S/C17H26O/c1-11-13-9-17(4)10-16(2,3)8-7-14(17)12(13)5-6-15(11)18/h12,14H,5-10H2,1-4H3/t12-,14+,17+/m1/s1. The van der Waals surface area contributed by atoms with E-state index in [0.717, 1.165) is 30.3 Å². The molecule has 0 amide bonds. The second-order valence-electron chi connectivity index (χ2n) is 8.04. The molecule has 2 saturated carbocycles. The molecular weight excluding hydrogens is 220 g/mol. The topological polar surface area (TPSA) is 17.1 Å². The number of carbonyl (C=O) groups is 1. The van der Waals surface area contributed by atoms with Crippen molar-refractivity contribution in [1.82, 2.24) is 0 Å². The molecule has 100 valence electrons. The summed E-state index contributed by atoms with van der Waals surface area (Å²) in [6.07, 6.45) is 7.21. The smallest absolute Gasteiger partial charge is 0.158 e. The van der Waals surface area contributed by atoms with Crippen molar-refractivity contribution >= 4 is 5.78 Å². The third kappa shape index (κ3) is 1.70. The van der Waals surface area contributed by atoms with E-state index < -0.39 is 0 Å². The normalized spacial score (nSPS) is 42.8. The van der Waals surface area contributed by atoms with Gasteiger partial charge in [-0.25, -0.2) is 0 Å². The molecule has 0 aromatic heterocycles. The van der Waals surface area contributed by atoms with E-state index >= 15 is 0 Å². The quantitative estimate of drug-likeness (QED) is 0.614. The minimum Gasteiger partial charge on any atom is -0.295 e. The minimum atomic E-state index is 0.419. The predicted molar refractivity (Wildman–Crippen MR) is 74.3 cm³/mol. The number of hydrogen-bond donors (Lipinski definition) is 0. The largest absolute Gasteiger partial charge is 0.295 e. The lowest BCUT2D eigenvalue weighted by atomic mass is 9.59. The summed E-state index contributed by atoms with van der Waals surface area (Å²) in [5.41, 5.74) is 3.63. The van der Waals surface area contributed by atoms with Crippen molar-refractivity contribution in [3.8, 4) is 0 Å². The van der Waals surface area contributed by atoms with Gasteiger partial charge in [-0.3, -0.25) is 4.79 Å². The van der Waals surface area contributed by atoms with Gasteiger partial charge in [0.15, 0.2) is 5.78 Å². The Morgan fingerprint density at radius 1 is 1.17 bits per heavy atom. The molecule has 0 bridgehead atoms. The molecule has 18 heavy (non-hydrogen) atoms. The molecule has 0 radical (unpaired) electrons. The molecule has 0 saturated heterocycles. The third-order valence-corrected chi connectivity index (χ3v) is 6.02. The Hall–Kier alpha value is -0.590. The van der Waals surface area contributed by atoms with Crippen molar-refractivity contribution in [3.05, 3.63) is 11.1 Å². The Morgan fingerprint density at radius 3 is 2.61 bits per heavy atom. The fourth-order valence-corrected chi connectivity index (χ4v) is 5.34. The average Bonchev–Trinajstić information content (AvgIpc) is 2.54. The van der Waals surface area contributed by atoms with E-state index in [-0.39, 0.29) is 0 Å². The highest BCUT2D eigenvalue weighted by atomic mass is 16.1. The van der Waals surface area contributed by atoms with Crippen LogP contribution in [0.5, 0.6) is 0 Å². The lowest BCUT2D eigenvalue weighted by Gasteiger charge is -2.46. The van der Waals surface area contributed by atoms with Crippen LogP contribution in [0.15, 0.2) is 11.1 Å². The molecule has 0 aliphatic heterocycles. The SMILES string of the molecule is CC1=C2C[C@@]3(C)CC(C)(C)CC[C@H]3[C@@H]2CCC1=O. The van der Waals surface area contributed by atoms with Crippen molar-refractivity contribution in [3.63, 3.8) is 0 Å². The van der Waals surface area contributed by atoms with Crippen LogP contribution in [-0.4, -0.2) is 5.78 Å². The van der Waals surface area contributed by atoms with E-state index in [4.69, 9.17) is 0 Å². The Labute approximate surface area is 111 Å². The zero-order chi connectivity index (χ0) is 13.1. The molecule has 0 heterocycles. The highest BCUT2D eigenvalue weighted by molar-refractivity contribution is 5.96. The number of rotatable bonds is 0. The molecule has 1 heteroatoms. The maximum Gasteiger partial charge on any atom is 0.158 e. The van der Waals surface area contributed by atoms with Gasteiger partial charge in [-0.05, 0) is 67.3 Å². The maximum atomic E-state index is 11.9. The zero-order valence-electron chi connectivity index (χ0n) is 12.3. The number of hydrogen-bond acceptors (Lipinski definition) is 1. The Bertz CT molecular complexity index is 429. The second-order valence-corrected chi connectivity index (χ2v) is 8.04. The minimum absolute atomic E-state index is 0.419. The molecule has 0 aromatic rings. The Balaban J connectivity index is 1.98. The van der Waals surface area contributed by atoms with Gasteiger partial charge in [-0.1, -0.05) is 26.3 Å². The summed E-state index contributed by atoms with van der Waals surface area (Å²) in [6, 6.07) is 0. The molecule has 0 unspecified atom stereocenters. The lowest BCUT2D eigenvalue weighted by molar-refractivity contribution is -0.116. The molecular formula is C17H26O. The van der Waals surface area contributed by atoms with Gasteiger partial charge in [-0.2, -0.15) is 0 Å². The highest BCUT2D eigenvalue weighted by Crippen LogP contribution is 2.63. The van der Waals surface area contributed by atoms with Crippen LogP contribution in [0.2, 0.25) is 0 Å². The number of carbonyl (C=O) groups excluding carboxylic acids is 1. The van der Waals surface area contributed by atoms with Crippen molar-refractivity contribution in [2.75, 3.05) is 0 Å². The van der Waals surface area contributed by atoms with Crippen LogP contribution in [-0.2, 0) is 4.79 Å². The number of allylic oxidation sites excluding steroid dienone is 2. The Morgan fingerprint density at radius 2 is 1.89 bits per heavy atom. The van der Waals surface area contributed by atoms with Crippen LogP contribution in [0.25, 0.3) is 0 Å². The van der Waals surface area contributed by atoms with E-state index in [1.54, 1.807) is 0 Å². The van der Waals surface area contributed by atoms with Gasteiger partial charge in [0.2, 0.25) is 0 Å². The number of fused-ring (bicyclic) bond motifs is 3. The van der Waals surface area contributed by atoms with Crippen molar-refractivity contribution in [2.24, 2.45) is 22.7 Å². The van der Waals surface area contributed by atoms with Crippen LogP contribution in [0, 0.1) is 22.7 Å². The molecule has 3 aliphatic carbocycles. The molecule has 1 nitrogen and oxygen atoms in total. The van der Waals surface area contributed by atoms with Crippen LogP contribution in [0.1, 0.15) is 66.2 Å². The summed E-state index contributed by atoms with van der Waals surface area (Å²) < 4.78 is 0. The van der Waals surface area contributed by atoms with Crippen molar-refractivity contribution in [2.45, 2.75) is 66.2 Å². The lowest BCUT2D eigenvalue weighted by Crippen LogP contribution is -2.37. The van der Waals surface area contributed by atoms with Gasteiger partial charge in [0, 0.05) is 6.42 Å². The number of ketones is 1. The Kier molecular flexibility index (Phi) is 2.56. The highest BCUT2D eigenvalue weighted by Gasteiger charge is 2.53. The summed E-state index contributed by atoms with van der Waals surface area (Å²) in [4.78, 5) is 11.9. The monoisotopic (exact) mass is 246 g/mol. The first-order chi connectivity index (χ1) is 8.32. The summed E-state index contributed by atoms with van der Waals surface area (Å²) in [6.45, 7) is 9.41. The second kappa shape index (κ2) is 3.71. The van der Waals surface area contributed by atoms with E-state index in [9.17, 15) is 4.79 Å². The van der Waals surface area contributed by atoms with Gasteiger partial charge in [0.05, 0.1) is 0 Å². The molecule has 2 fully saturated rings.